The second kappa shape index (κ2) is 4.66. The number of anilines is 1. The van der Waals surface area contributed by atoms with Crippen LogP contribution in [0, 0.1) is 0 Å². The lowest BCUT2D eigenvalue weighted by molar-refractivity contribution is 0.724. The van der Waals surface area contributed by atoms with Crippen LogP contribution in [0.15, 0.2) is 6.20 Å². The highest BCUT2D eigenvalue weighted by Gasteiger charge is 2.14. The van der Waals surface area contributed by atoms with Crippen molar-refractivity contribution in [1.29, 1.82) is 0 Å². The second-order valence-electron chi connectivity index (χ2n) is 4.09. The molecule has 0 bridgehead atoms. The van der Waals surface area contributed by atoms with E-state index in [1.54, 1.807) is 0 Å². The van der Waals surface area contributed by atoms with Crippen molar-refractivity contribution in [2.24, 2.45) is 7.05 Å². The van der Waals surface area contributed by atoms with Crippen LogP contribution in [0.1, 0.15) is 19.0 Å². The van der Waals surface area contributed by atoms with Crippen LogP contribution in [0.3, 0.4) is 0 Å². The Morgan fingerprint density at radius 3 is 3.00 bits per heavy atom. The van der Waals surface area contributed by atoms with E-state index in [2.05, 4.69) is 39.9 Å². The summed E-state index contributed by atoms with van der Waals surface area (Å²) in [5.41, 5.74) is 1.18. The minimum atomic E-state index is 1.01. The molecule has 0 aliphatic carbocycles. The predicted octanol–water partition coefficient (Wildman–Crippen LogP) is 0.782. The van der Waals surface area contributed by atoms with Gasteiger partial charge in [0.15, 0.2) is 0 Å². The van der Waals surface area contributed by atoms with Crippen molar-refractivity contribution in [2.45, 2.75) is 19.8 Å². The molecule has 1 aromatic rings. The quantitative estimate of drug-likeness (QED) is 0.780. The van der Waals surface area contributed by atoms with Crippen molar-refractivity contribution in [2.75, 3.05) is 31.1 Å². The smallest absolute Gasteiger partial charge is 0.205 e. The van der Waals surface area contributed by atoms with E-state index in [4.69, 9.17) is 0 Å². The maximum Gasteiger partial charge on any atom is 0.205 e. The zero-order valence-electron chi connectivity index (χ0n) is 9.66. The third kappa shape index (κ3) is 2.31. The molecule has 2 heterocycles. The van der Waals surface area contributed by atoms with Crippen LogP contribution in [-0.2, 0) is 13.5 Å². The van der Waals surface area contributed by atoms with E-state index < -0.39 is 0 Å². The van der Waals surface area contributed by atoms with Gasteiger partial charge in [0.2, 0.25) is 5.95 Å². The monoisotopic (exact) mass is 208 g/mol. The number of imidazole rings is 1. The standard InChI is InChI=1S/C11H20N4/c1-3-10-9-14(2)11(13-10)15-7-4-5-12-6-8-15/h9,12H,3-8H2,1-2H3. The zero-order chi connectivity index (χ0) is 10.7. The fourth-order valence-corrected chi connectivity index (χ4v) is 2.03. The summed E-state index contributed by atoms with van der Waals surface area (Å²) in [4.78, 5) is 7.03. The molecular formula is C11H20N4. The van der Waals surface area contributed by atoms with Crippen LogP contribution in [0.5, 0.6) is 0 Å². The molecule has 0 radical (unpaired) electrons. The molecule has 0 saturated carbocycles. The summed E-state index contributed by atoms with van der Waals surface area (Å²) in [7, 11) is 2.08. The molecule has 1 saturated heterocycles. The molecule has 1 fully saturated rings. The van der Waals surface area contributed by atoms with Crippen LogP contribution in [0.2, 0.25) is 0 Å². The zero-order valence-corrected chi connectivity index (χ0v) is 9.66. The van der Waals surface area contributed by atoms with Crippen molar-refractivity contribution >= 4 is 5.95 Å². The van der Waals surface area contributed by atoms with Crippen LogP contribution in [0.25, 0.3) is 0 Å². The van der Waals surface area contributed by atoms with E-state index in [1.807, 2.05) is 0 Å². The number of nitrogens with one attached hydrogen (secondary N) is 1. The highest BCUT2D eigenvalue weighted by molar-refractivity contribution is 5.33. The third-order valence-electron chi connectivity index (χ3n) is 2.89. The summed E-state index contributed by atoms with van der Waals surface area (Å²) in [6, 6.07) is 0. The molecule has 1 aromatic heterocycles. The summed E-state index contributed by atoms with van der Waals surface area (Å²) >= 11 is 0. The average Bonchev–Trinajstić information content (AvgIpc) is 2.48. The predicted molar refractivity (Wildman–Crippen MR) is 62.3 cm³/mol. The van der Waals surface area contributed by atoms with Crippen molar-refractivity contribution in [1.82, 2.24) is 14.9 Å². The van der Waals surface area contributed by atoms with Gasteiger partial charge in [0, 0.05) is 32.9 Å². The Labute approximate surface area is 91.3 Å². The first-order valence-corrected chi connectivity index (χ1v) is 5.79. The Kier molecular flexibility index (Phi) is 3.26. The van der Waals surface area contributed by atoms with Crippen molar-refractivity contribution in [3.63, 3.8) is 0 Å². The van der Waals surface area contributed by atoms with E-state index in [0.29, 0.717) is 0 Å². The lowest BCUT2D eigenvalue weighted by Crippen LogP contribution is -2.29. The SMILES string of the molecule is CCc1cn(C)c(N2CCCNCC2)n1. The van der Waals surface area contributed by atoms with Gasteiger partial charge in [0.05, 0.1) is 5.69 Å². The molecule has 1 aliphatic heterocycles. The van der Waals surface area contributed by atoms with Crippen LogP contribution >= 0.6 is 0 Å². The Balaban J connectivity index is 2.15. The number of rotatable bonds is 2. The summed E-state index contributed by atoms with van der Waals surface area (Å²) in [6.07, 6.45) is 4.35. The molecule has 1 aliphatic rings. The van der Waals surface area contributed by atoms with Gasteiger partial charge in [-0.2, -0.15) is 0 Å². The van der Waals surface area contributed by atoms with Gasteiger partial charge in [-0.15, -0.1) is 0 Å². The fraction of sp³-hybridized carbons (Fsp3) is 0.727. The number of hydrogen-bond donors (Lipinski definition) is 1. The number of aryl methyl sites for hydroxylation is 2. The summed E-state index contributed by atoms with van der Waals surface area (Å²) in [5, 5.41) is 3.41. The van der Waals surface area contributed by atoms with Crippen LogP contribution in [-0.4, -0.2) is 35.7 Å². The molecule has 0 atom stereocenters. The lowest BCUT2D eigenvalue weighted by Gasteiger charge is -2.20. The van der Waals surface area contributed by atoms with Gasteiger partial charge in [-0.3, -0.25) is 0 Å². The lowest BCUT2D eigenvalue weighted by atomic mass is 10.4. The first kappa shape index (κ1) is 10.5. The van der Waals surface area contributed by atoms with E-state index in [9.17, 15) is 0 Å². The largest absolute Gasteiger partial charge is 0.341 e. The summed E-state index contributed by atoms with van der Waals surface area (Å²) < 4.78 is 2.14. The number of aromatic nitrogens is 2. The van der Waals surface area contributed by atoms with Gasteiger partial charge in [0.25, 0.3) is 0 Å². The molecule has 15 heavy (non-hydrogen) atoms. The van der Waals surface area contributed by atoms with E-state index in [0.717, 1.165) is 38.5 Å². The molecule has 2 rings (SSSR count). The Bertz CT molecular complexity index is 310. The fourth-order valence-electron chi connectivity index (χ4n) is 2.03. The Morgan fingerprint density at radius 1 is 1.40 bits per heavy atom. The van der Waals surface area contributed by atoms with Gasteiger partial charge in [-0.1, -0.05) is 6.92 Å². The van der Waals surface area contributed by atoms with E-state index in [-0.39, 0.29) is 0 Å². The highest BCUT2D eigenvalue weighted by Crippen LogP contribution is 2.14. The molecule has 1 N–H and O–H groups in total. The minimum Gasteiger partial charge on any atom is -0.341 e. The van der Waals surface area contributed by atoms with Gasteiger partial charge in [0.1, 0.15) is 0 Å². The molecule has 0 aromatic carbocycles. The van der Waals surface area contributed by atoms with Gasteiger partial charge >= 0.3 is 0 Å². The average molecular weight is 208 g/mol. The van der Waals surface area contributed by atoms with Crippen molar-refractivity contribution in [3.05, 3.63) is 11.9 Å². The number of nitrogens with zero attached hydrogens (tertiary/aromatic N) is 3. The minimum absolute atomic E-state index is 1.01. The normalized spacial score (nSPS) is 17.9. The highest BCUT2D eigenvalue weighted by atomic mass is 15.3. The Hall–Kier alpha value is -1.03. The molecule has 0 spiro atoms. The third-order valence-corrected chi connectivity index (χ3v) is 2.89. The Morgan fingerprint density at radius 2 is 2.27 bits per heavy atom. The first-order chi connectivity index (χ1) is 7.31. The first-order valence-electron chi connectivity index (χ1n) is 5.79. The van der Waals surface area contributed by atoms with Gasteiger partial charge in [-0.25, -0.2) is 4.98 Å². The molecular weight excluding hydrogens is 188 g/mol. The van der Waals surface area contributed by atoms with Crippen LogP contribution < -0.4 is 10.2 Å². The molecule has 0 unspecified atom stereocenters. The maximum absolute atomic E-state index is 4.65. The number of hydrogen-bond acceptors (Lipinski definition) is 3. The topological polar surface area (TPSA) is 33.1 Å². The second-order valence-corrected chi connectivity index (χ2v) is 4.09. The maximum atomic E-state index is 4.65. The van der Waals surface area contributed by atoms with E-state index in [1.165, 1.54) is 12.1 Å². The molecule has 0 amide bonds. The molecule has 4 heteroatoms. The van der Waals surface area contributed by atoms with E-state index >= 15 is 0 Å². The van der Waals surface area contributed by atoms with Crippen molar-refractivity contribution in [3.8, 4) is 0 Å². The van der Waals surface area contributed by atoms with Gasteiger partial charge < -0.3 is 14.8 Å². The summed E-state index contributed by atoms with van der Waals surface area (Å²) in [5.74, 6) is 1.12. The molecule has 4 nitrogen and oxygen atoms in total. The van der Waals surface area contributed by atoms with Crippen LogP contribution in [0.4, 0.5) is 5.95 Å². The van der Waals surface area contributed by atoms with Crippen molar-refractivity contribution < 1.29 is 0 Å². The molecule has 84 valence electrons. The summed E-state index contributed by atoms with van der Waals surface area (Å²) in [6.45, 7) is 6.51. The van der Waals surface area contributed by atoms with Gasteiger partial charge in [-0.05, 0) is 19.4 Å².